The summed E-state index contributed by atoms with van der Waals surface area (Å²) in [7, 11) is 0. The molecule has 1 aromatic rings. The van der Waals surface area contributed by atoms with Crippen LogP contribution in [0.4, 0.5) is 0 Å². The second-order valence-corrected chi connectivity index (χ2v) is 5.26. The Bertz CT molecular complexity index is 390. The van der Waals surface area contributed by atoms with Gasteiger partial charge in [-0.25, -0.2) is 0 Å². The van der Waals surface area contributed by atoms with Crippen LogP contribution in [-0.4, -0.2) is 17.3 Å². The van der Waals surface area contributed by atoms with E-state index in [1.54, 1.807) is 0 Å². The largest absolute Gasteiger partial charge is 0.388 e. The summed E-state index contributed by atoms with van der Waals surface area (Å²) in [5.74, 6) is 0.356. The van der Waals surface area contributed by atoms with Crippen molar-refractivity contribution in [2.75, 3.05) is 6.54 Å². The van der Waals surface area contributed by atoms with E-state index in [-0.39, 0.29) is 0 Å². The van der Waals surface area contributed by atoms with E-state index >= 15 is 0 Å². The Labute approximate surface area is 101 Å². The average Bonchev–Trinajstić information content (AvgIpc) is 3.06. The van der Waals surface area contributed by atoms with Crippen molar-refractivity contribution in [1.82, 2.24) is 0 Å². The number of halogens is 1. The number of benzene rings is 1. The average molecular weight is 240 g/mol. The second-order valence-electron chi connectivity index (χ2n) is 4.85. The third-order valence-corrected chi connectivity index (χ3v) is 3.75. The third-order valence-electron chi connectivity index (χ3n) is 3.40. The van der Waals surface area contributed by atoms with Crippen molar-refractivity contribution >= 4 is 11.6 Å². The maximum Gasteiger partial charge on any atom is 0.0837 e. The predicted octanol–water partition coefficient (Wildman–Crippen LogP) is 2.29. The summed E-state index contributed by atoms with van der Waals surface area (Å²) in [6.07, 6.45) is 2.72. The SMILES string of the molecule is Cc1ccc(CC(O)(CN)C2CC2)c(Cl)c1. The van der Waals surface area contributed by atoms with Crippen LogP contribution in [0.3, 0.4) is 0 Å². The van der Waals surface area contributed by atoms with Gasteiger partial charge in [0, 0.05) is 18.0 Å². The molecule has 1 fully saturated rings. The minimum absolute atomic E-state index is 0.307. The minimum Gasteiger partial charge on any atom is -0.388 e. The monoisotopic (exact) mass is 239 g/mol. The maximum absolute atomic E-state index is 10.4. The van der Waals surface area contributed by atoms with Gasteiger partial charge in [0.15, 0.2) is 0 Å². The lowest BCUT2D eigenvalue weighted by molar-refractivity contribution is 0.0267. The van der Waals surface area contributed by atoms with Crippen LogP contribution in [0.1, 0.15) is 24.0 Å². The van der Waals surface area contributed by atoms with E-state index in [0.717, 1.165) is 29.0 Å². The molecular weight excluding hydrogens is 222 g/mol. The summed E-state index contributed by atoms with van der Waals surface area (Å²) in [5, 5.41) is 11.2. The molecular formula is C13H18ClNO. The molecule has 1 unspecified atom stereocenters. The van der Waals surface area contributed by atoms with Crippen molar-refractivity contribution in [3.63, 3.8) is 0 Å². The van der Waals surface area contributed by atoms with Crippen molar-refractivity contribution in [2.24, 2.45) is 11.7 Å². The Morgan fingerprint density at radius 1 is 1.50 bits per heavy atom. The highest BCUT2D eigenvalue weighted by molar-refractivity contribution is 6.31. The molecule has 0 aliphatic heterocycles. The first-order valence-electron chi connectivity index (χ1n) is 5.72. The van der Waals surface area contributed by atoms with E-state index in [4.69, 9.17) is 17.3 Å². The lowest BCUT2D eigenvalue weighted by Gasteiger charge is -2.27. The molecule has 3 N–H and O–H groups in total. The molecule has 2 rings (SSSR count). The van der Waals surface area contributed by atoms with Gasteiger partial charge in [0.2, 0.25) is 0 Å². The van der Waals surface area contributed by atoms with Gasteiger partial charge in [0.1, 0.15) is 0 Å². The molecule has 1 atom stereocenters. The highest BCUT2D eigenvalue weighted by Gasteiger charge is 2.42. The van der Waals surface area contributed by atoms with Crippen molar-refractivity contribution < 1.29 is 5.11 Å². The third kappa shape index (κ3) is 2.40. The molecule has 1 aliphatic carbocycles. The first-order chi connectivity index (χ1) is 7.55. The zero-order valence-corrected chi connectivity index (χ0v) is 10.3. The number of hydrogen-bond donors (Lipinski definition) is 2. The van der Waals surface area contributed by atoms with E-state index < -0.39 is 5.60 Å². The molecule has 0 amide bonds. The molecule has 0 spiro atoms. The maximum atomic E-state index is 10.4. The van der Waals surface area contributed by atoms with Crippen LogP contribution in [-0.2, 0) is 6.42 Å². The van der Waals surface area contributed by atoms with E-state index in [1.807, 2.05) is 25.1 Å². The lowest BCUT2D eigenvalue weighted by Crippen LogP contribution is -2.42. The Kier molecular flexibility index (Phi) is 3.24. The Hall–Kier alpha value is -0.570. The number of rotatable bonds is 4. The van der Waals surface area contributed by atoms with Gasteiger partial charge in [-0.3, -0.25) is 0 Å². The number of aliphatic hydroxyl groups is 1. The van der Waals surface area contributed by atoms with Gasteiger partial charge >= 0.3 is 0 Å². The first kappa shape index (κ1) is 11.9. The van der Waals surface area contributed by atoms with Crippen molar-refractivity contribution in [1.29, 1.82) is 0 Å². The first-order valence-corrected chi connectivity index (χ1v) is 6.10. The molecule has 3 heteroatoms. The van der Waals surface area contributed by atoms with Gasteiger partial charge in [-0.2, -0.15) is 0 Å². The second kappa shape index (κ2) is 4.36. The molecule has 2 nitrogen and oxygen atoms in total. The van der Waals surface area contributed by atoms with Crippen molar-refractivity contribution in [3.8, 4) is 0 Å². The van der Waals surface area contributed by atoms with Crippen LogP contribution in [0.5, 0.6) is 0 Å². The molecule has 0 radical (unpaired) electrons. The van der Waals surface area contributed by atoms with Gasteiger partial charge in [-0.15, -0.1) is 0 Å². The number of hydrogen-bond acceptors (Lipinski definition) is 2. The van der Waals surface area contributed by atoms with Gasteiger partial charge in [-0.1, -0.05) is 23.7 Å². The minimum atomic E-state index is -0.765. The molecule has 0 aromatic heterocycles. The van der Waals surface area contributed by atoms with Crippen LogP contribution in [0.25, 0.3) is 0 Å². The number of aryl methyl sites for hydroxylation is 1. The fraction of sp³-hybridized carbons (Fsp3) is 0.538. The van der Waals surface area contributed by atoms with E-state index in [0.29, 0.717) is 18.9 Å². The Balaban J connectivity index is 2.18. The topological polar surface area (TPSA) is 46.2 Å². The van der Waals surface area contributed by atoms with Gasteiger partial charge in [0.25, 0.3) is 0 Å². The normalized spacial score (nSPS) is 19.5. The Morgan fingerprint density at radius 3 is 2.69 bits per heavy atom. The summed E-state index contributed by atoms with van der Waals surface area (Å²) in [4.78, 5) is 0. The lowest BCUT2D eigenvalue weighted by atomic mass is 9.89. The molecule has 0 bridgehead atoms. The van der Waals surface area contributed by atoms with E-state index in [9.17, 15) is 5.11 Å². The molecule has 0 heterocycles. The summed E-state index contributed by atoms with van der Waals surface area (Å²) >= 11 is 6.17. The van der Waals surface area contributed by atoms with E-state index in [1.165, 1.54) is 0 Å². The van der Waals surface area contributed by atoms with Crippen LogP contribution in [0.15, 0.2) is 18.2 Å². The zero-order valence-electron chi connectivity index (χ0n) is 9.54. The highest BCUT2D eigenvalue weighted by Crippen LogP contribution is 2.41. The summed E-state index contributed by atoms with van der Waals surface area (Å²) < 4.78 is 0. The van der Waals surface area contributed by atoms with Crippen molar-refractivity contribution in [3.05, 3.63) is 34.3 Å². The fourth-order valence-electron chi connectivity index (χ4n) is 2.13. The summed E-state index contributed by atoms with van der Waals surface area (Å²) in [6.45, 7) is 2.31. The predicted molar refractivity (Wildman–Crippen MR) is 66.6 cm³/mol. The molecule has 16 heavy (non-hydrogen) atoms. The van der Waals surface area contributed by atoms with Gasteiger partial charge in [0.05, 0.1) is 5.60 Å². The molecule has 1 aromatic carbocycles. The fourth-order valence-corrected chi connectivity index (χ4v) is 2.43. The van der Waals surface area contributed by atoms with Gasteiger partial charge in [-0.05, 0) is 42.9 Å². The standard InChI is InChI=1S/C13H18ClNO/c1-9-2-3-10(12(14)6-9)7-13(16,8-15)11-4-5-11/h2-3,6,11,16H,4-5,7-8,15H2,1H3. The summed E-state index contributed by atoms with van der Waals surface area (Å²) in [5.41, 5.74) is 7.05. The molecule has 0 saturated heterocycles. The van der Waals surface area contributed by atoms with Crippen LogP contribution < -0.4 is 5.73 Å². The Morgan fingerprint density at radius 2 is 2.19 bits per heavy atom. The van der Waals surface area contributed by atoms with Crippen LogP contribution >= 0.6 is 11.6 Å². The smallest absolute Gasteiger partial charge is 0.0837 e. The quantitative estimate of drug-likeness (QED) is 0.847. The van der Waals surface area contributed by atoms with Crippen LogP contribution in [0.2, 0.25) is 5.02 Å². The van der Waals surface area contributed by atoms with Crippen molar-refractivity contribution in [2.45, 2.75) is 31.8 Å². The molecule has 1 saturated carbocycles. The molecule has 1 aliphatic rings. The highest BCUT2D eigenvalue weighted by atomic mass is 35.5. The molecule has 88 valence electrons. The van der Waals surface area contributed by atoms with Gasteiger partial charge < -0.3 is 10.8 Å². The zero-order chi connectivity index (χ0) is 11.8. The van der Waals surface area contributed by atoms with Crippen LogP contribution in [0, 0.1) is 12.8 Å². The van der Waals surface area contributed by atoms with E-state index in [2.05, 4.69) is 0 Å². The number of nitrogens with two attached hydrogens (primary N) is 1. The summed E-state index contributed by atoms with van der Waals surface area (Å²) in [6, 6.07) is 5.94.